The summed E-state index contributed by atoms with van der Waals surface area (Å²) in [6, 6.07) is 8.58. The molecule has 8 heteroatoms. The van der Waals surface area contributed by atoms with Gasteiger partial charge in [0.1, 0.15) is 0 Å². The van der Waals surface area contributed by atoms with Crippen molar-refractivity contribution in [2.45, 2.75) is 20.0 Å². The van der Waals surface area contributed by atoms with E-state index in [1.54, 1.807) is 24.3 Å². The van der Waals surface area contributed by atoms with Crippen LogP contribution in [0.3, 0.4) is 0 Å². The summed E-state index contributed by atoms with van der Waals surface area (Å²) >= 11 is 0. The molecule has 166 valence electrons. The predicted molar refractivity (Wildman–Crippen MR) is 120 cm³/mol. The van der Waals surface area contributed by atoms with Gasteiger partial charge < -0.3 is 20.1 Å². The molecule has 1 fully saturated rings. The fourth-order valence-corrected chi connectivity index (χ4v) is 3.57. The van der Waals surface area contributed by atoms with Crippen LogP contribution >= 0.6 is 0 Å². The molecule has 0 radical (unpaired) electrons. The number of β-amino-alcohol motifs (C(OH)–C–C–N with tert-alkyl or cyclic N) is 1. The first-order valence-electron chi connectivity index (χ1n) is 10.4. The zero-order valence-corrected chi connectivity index (χ0v) is 18.1. The maximum atomic E-state index is 12.4. The number of aryl methyl sites for hydroxylation is 2. The monoisotopic (exact) mass is 426 g/mol. The minimum atomic E-state index is -0.705. The Morgan fingerprint density at radius 3 is 2.61 bits per heavy atom. The third kappa shape index (κ3) is 5.81. The molecule has 0 bridgehead atoms. The van der Waals surface area contributed by atoms with Crippen molar-refractivity contribution in [1.29, 1.82) is 0 Å². The lowest BCUT2D eigenvalue weighted by molar-refractivity contribution is -0.112. The van der Waals surface area contributed by atoms with E-state index in [-0.39, 0.29) is 6.54 Å². The number of ether oxygens (including phenoxy) is 1. The summed E-state index contributed by atoms with van der Waals surface area (Å²) in [7, 11) is 0. The van der Waals surface area contributed by atoms with Crippen molar-refractivity contribution in [3.05, 3.63) is 59.9 Å². The number of hydrogen-bond donors (Lipinski definition) is 3. The van der Waals surface area contributed by atoms with Gasteiger partial charge in [0, 0.05) is 49.2 Å². The molecule has 4 rings (SSSR count). The average molecular weight is 427 g/mol. The van der Waals surface area contributed by atoms with Gasteiger partial charge in [0.05, 0.1) is 25.0 Å². The number of fused-ring (bicyclic) bond motifs is 1. The topological polar surface area (TPSA) is 97.9 Å². The summed E-state index contributed by atoms with van der Waals surface area (Å²) < 4.78 is 5.26. The Morgan fingerprint density at radius 1 is 1.29 bits per heavy atom. The molecule has 0 aliphatic carbocycles. The van der Waals surface area contributed by atoms with Crippen LogP contribution in [0.2, 0.25) is 0 Å². The highest BCUT2D eigenvalue weighted by Gasteiger charge is 2.35. The second-order valence-electron chi connectivity index (χ2n) is 7.75. The fraction of sp³-hybridized carbons (Fsp3) is 0.391. The van der Waals surface area contributed by atoms with Gasteiger partial charge in [-0.15, -0.1) is 0 Å². The minimum absolute atomic E-state index is 0.0780. The van der Waals surface area contributed by atoms with Crippen LogP contribution in [0.25, 0.3) is 5.57 Å². The Balaban J connectivity index is 0.000000330. The number of rotatable bonds is 4. The van der Waals surface area contributed by atoms with Crippen LogP contribution in [0, 0.1) is 13.8 Å². The number of carbonyl (C=O) groups excluding carboxylic acids is 2. The van der Waals surface area contributed by atoms with E-state index in [9.17, 15) is 14.7 Å². The van der Waals surface area contributed by atoms with Crippen LogP contribution < -0.4 is 10.2 Å². The van der Waals surface area contributed by atoms with Gasteiger partial charge in [0.25, 0.3) is 5.91 Å². The van der Waals surface area contributed by atoms with Gasteiger partial charge in [-0.25, -0.2) is 9.69 Å². The van der Waals surface area contributed by atoms with E-state index in [1.165, 1.54) is 11.3 Å². The summed E-state index contributed by atoms with van der Waals surface area (Å²) in [6.45, 7) is 11.2. The standard InChI is InChI=1S/C17H21N3O4.C6H9N/c1-12-14-4-2-3-5-15(14)20(16(12)22)17(23)18-10-13(21)11-19-6-8-24-9-7-19;1-5-3-6(2)7-4-5/h2-5,13,21H,1,6-11H2,(H,18,23);3-4,7H,1-2H3. The highest BCUT2D eigenvalue weighted by Crippen LogP contribution is 2.35. The third-order valence-corrected chi connectivity index (χ3v) is 5.17. The zero-order valence-electron chi connectivity index (χ0n) is 18.1. The molecule has 1 aromatic carbocycles. The number of anilines is 1. The predicted octanol–water partition coefficient (Wildman–Crippen LogP) is 2.08. The van der Waals surface area contributed by atoms with E-state index in [0.29, 0.717) is 36.6 Å². The van der Waals surface area contributed by atoms with Crippen molar-refractivity contribution >= 4 is 23.2 Å². The number of morpholine rings is 1. The van der Waals surface area contributed by atoms with Gasteiger partial charge in [-0.05, 0) is 31.5 Å². The lowest BCUT2D eigenvalue weighted by atomic mass is 10.1. The fourth-order valence-electron chi connectivity index (χ4n) is 3.57. The Kier molecular flexibility index (Phi) is 7.62. The number of aliphatic hydroxyl groups excluding tert-OH is 1. The normalized spacial score (nSPS) is 17.1. The van der Waals surface area contributed by atoms with Crippen LogP contribution in [-0.4, -0.2) is 72.4 Å². The van der Waals surface area contributed by atoms with Crippen LogP contribution in [-0.2, 0) is 9.53 Å². The van der Waals surface area contributed by atoms with Crippen molar-refractivity contribution in [2.75, 3.05) is 44.3 Å². The lowest BCUT2D eigenvalue weighted by Crippen LogP contribution is -2.48. The Labute approximate surface area is 182 Å². The van der Waals surface area contributed by atoms with Gasteiger partial charge >= 0.3 is 6.03 Å². The summed E-state index contributed by atoms with van der Waals surface area (Å²) in [5.41, 5.74) is 4.02. The van der Waals surface area contributed by atoms with Crippen LogP contribution in [0.4, 0.5) is 10.5 Å². The molecule has 8 nitrogen and oxygen atoms in total. The maximum Gasteiger partial charge on any atom is 0.329 e. The van der Waals surface area contributed by atoms with E-state index in [1.807, 2.05) is 13.1 Å². The average Bonchev–Trinajstić information content (AvgIpc) is 3.27. The molecule has 2 aliphatic heterocycles. The lowest BCUT2D eigenvalue weighted by Gasteiger charge is -2.28. The first-order chi connectivity index (χ1) is 14.9. The number of nitrogens with one attached hydrogen (secondary N) is 2. The Morgan fingerprint density at radius 2 is 2.00 bits per heavy atom. The number of para-hydroxylation sites is 1. The third-order valence-electron chi connectivity index (χ3n) is 5.17. The van der Waals surface area contributed by atoms with E-state index in [2.05, 4.69) is 34.8 Å². The molecule has 2 aliphatic rings. The van der Waals surface area contributed by atoms with Crippen molar-refractivity contribution in [1.82, 2.24) is 15.2 Å². The molecule has 0 saturated carbocycles. The second-order valence-corrected chi connectivity index (χ2v) is 7.75. The number of urea groups is 1. The van der Waals surface area contributed by atoms with Gasteiger partial charge in [0.2, 0.25) is 0 Å². The number of amides is 3. The molecule has 1 aromatic heterocycles. The van der Waals surface area contributed by atoms with Gasteiger partial charge in [0.15, 0.2) is 0 Å². The smallest absolute Gasteiger partial charge is 0.329 e. The first-order valence-corrected chi connectivity index (χ1v) is 10.4. The molecule has 3 heterocycles. The number of hydrogen-bond acceptors (Lipinski definition) is 5. The number of aliphatic hydroxyl groups is 1. The van der Waals surface area contributed by atoms with Gasteiger partial charge in [-0.2, -0.15) is 0 Å². The number of imide groups is 1. The number of carbonyl (C=O) groups is 2. The van der Waals surface area contributed by atoms with E-state index in [4.69, 9.17) is 4.74 Å². The molecule has 1 unspecified atom stereocenters. The number of H-pyrrole nitrogens is 1. The Bertz CT molecular complexity index is 917. The summed E-state index contributed by atoms with van der Waals surface area (Å²) in [5.74, 6) is -0.434. The maximum absolute atomic E-state index is 12.4. The number of aromatic amines is 1. The summed E-state index contributed by atoms with van der Waals surface area (Å²) in [5, 5.41) is 12.7. The van der Waals surface area contributed by atoms with E-state index < -0.39 is 18.0 Å². The Hall–Kier alpha value is -2.94. The second kappa shape index (κ2) is 10.4. The SMILES string of the molecule is C=C1C(=O)N(C(=O)NCC(O)CN2CCOCC2)c2ccccc21.Cc1c[nH]c(C)c1. The molecule has 0 spiro atoms. The van der Waals surface area contributed by atoms with E-state index >= 15 is 0 Å². The van der Waals surface area contributed by atoms with Crippen molar-refractivity contribution in [3.8, 4) is 0 Å². The molecule has 1 atom stereocenters. The van der Waals surface area contributed by atoms with Crippen LogP contribution in [0.15, 0.2) is 43.1 Å². The molecular formula is C23H30N4O4. The molecule has 3 amide bonds. The molecule has 2 aromatic rings. The van der Waals surface area contributed by atoms with Crippen molar-refractivity contribution in [3.63, 3.8) is 0 Å². The van der Waals surface area contributed by atoms with E-state index in [0.717, 1.165) is 18.0 Å². The van der Waals surface area contributed by atoms with Gasteiger partial charge in [-0.1, -0.05) is 24.8 Å². The van der Waals surface area contributed by atoms with Crippen LogP contribution in [0.5, 0.6) is 0 Å². The minimum Gasteiger partial charge on any atom is -0.390 e. The van der Waals surface area contributed by atoms with Crippen molar-refractivity contribution < 1.29 is 19.4 Å². The van der Waals surface area contributed by atoms with Crippen LogP contribution in [0.1, 0.15) is 16.8 Å². The molecule has 1 saturated heterocycles. The number of aromatic nitrogens is 1. The van der Waals surface area contributed by atoms with Crippen molar-refractivity contribution in [2.24, 2.45) is 0 Å². The summed E-state index contributed by atoms with van der Waals surface area (Å²) in [6.07, 6.45) is 1.29. The number of benzene rings is 1. The first kappa shape index (κ1) is 22.7. The molecule has 3 N–H and O–H groups in total. The largest absolute Gasteiger partial charge is 0.390 e. The molecular weight excluding hydrogens is 396 g/mol. The summed E-state index contributed by atoms with van der Waals surface area (Å²) in [4.78, 5) is 30.8. The zero-order chi connectivity index (χ0) is 22.4. The molecule has 31 heavy (non-hydrogen) atoms. The van der Waals surface area contributed by atoms with Gasteiger partial charge in [-0.3, -0.25) is 9.69 Å². The highest BCUT2D eigenvalue weighted by atomic mass is 16.5. The number of nitrogens with zero attached hydrogens (tertiary/aromatic N) is 2. The highest BCUT2D eigenvalue weighted by molar-refractivity contribution is 6.39. The quantitative estimate of drug-likeness (QED) is 0.651.